The number of carbonyl (C=O) groups excluding carboxylic acids is 1. The molecule has 1 heterocycles. The number of aromatic nitrogens is 1. The van der Waals surface area contributed by atoms with Crippen LogP contribution in [0.4, 0.5) is 5.69 Å². The van der Waals surface area contributed by atoms with Crippen LogP contribution in [0.3, 0.4) is 0 Å². The van der Waals surface area contributed by atoms with E-state index in [1.54, 1.807) is 0 Å². The number of nitriles is 1. The lowest BCUT2D eigenvalue weighted by atomic mass is 10.2. The predicted octanol–water partition coefficient (Wildman–Crippen LogP) is 2.07. The molecule has 0 fully saturated rings. The molecule has 0 aromatic carbocycles. The maximum Gasteiger partial charge on any atom is 0.288 e. The number of nitrogens with one attached hydrogen (secondary N) is 1. The molecule has 8 heteroatoms. The number of nitrogens with zero attached hydrogens (tertiary/aromatic N) is 3. The van der Waals surface area contributed by atoms with Crippen molar-refractivity contribution >= 4 is 23.2 Å². The van der Waals surface area contributed by atoms with Gasteiger partial charge in [-0.05, 0) is 12.8 Å². The maximum absolute atomic E-state index is 11.7. The van der Waals surface area contributed by atoms with E-state index in [2.05, 4.69) is 10.3 Å². The minimum Gasteiger partial charge on any atom is -0.352 e. The van der Waals surface area contributed by atoms with E-state index in [-0.39, 0.29) is 16.4 Å². The fourth-order valence-corrected chi connectivity index (χ4v) is 1.51. The molecule has 0 saturated heterocycles. The highest BCUT2D eigenvalue weighted by Crippen LogP contribution is 2.18. The van der Waals surface area contributed by atoms with Crippen LogP contribution in [0.15, 0.2) is 12.3 Å². The molecule has 19 heavy (non-hydrogen) atoms. The van der Waals surface area contributed by atoms with Crippen LogP contribution in [0.1, 0.15) is 29.6 Å². The molecule has 0 aliphatic rings. The first kappa shape index (κ1) is 14.9. The molecule has 0 aliphatic carbocycles. The second-order valence-electron chi connectivity index (χ2n) is 3.66. The standard InChI is InChI=1S/C11H11ClN4O3/c12-10-9(6-8(7-15-10)16(18)19)11(17)14-5-3-1-2-4-13/h6-7H,1-3,5H2,(H,14,17). The van der Waals surface area contributed by atoms with Gasteiger partial charge in [0.2, 0.25) is 0 Å². The molecule has 0 radical (unpaired) electrons. The van der Waals surface area contributed by atoms with Crippen molar-refractivity contribution in [2.45, 2.75) is 19.3 Å². The fourth-order valence-electron chi connectivity index (χ4n) is 1.32. The topological polar surface area (TPSA) is 109 Å². The number of halogens is 1. The van der Waals surface area contributed by atoms with E-state index in [0.29, 0.717) is 25.8 Å². The van der Waals surface area contributed by atoms with Crippen LogP contribution in [-0.4, -0.2) is 22.4 Å². The number of hydrogen-bond acceptors (Lipinski definition) is 5. The summed E-state index contributed by atoms with van der Waals surface area (Å²) in [5, 5.41) is 21.4. The number of hydrogen-bond donors (Lipinski definition) is 1. The Balaban J connectivity index is 2.64. The molecule has 0 unspecified atom stereocenters. The third kappa shape index (κ3) is 4.52. The van der Waals surface area contributed by atoms with Gasteiger partial charge in [0.25, 0.3) is 11.6 Å². The van der Waals surface area contributed by atoms with Crippen molar-refractivity contribution in [3.05, 3.63) is 33.1 Å². The minimum absolute atomic E-state index is 0.0313. The Hall–Kier alpha value is -2.20. The number of rotatable bonds is 6. The van der Waals surface area contributed by atoms with Gasteiger partial charge in [-0.1, -0.05) is 11.6 Å². The van der Waals surface area contributed by atoms with E-state index in [9.17, 15) is 14.9 Å². The van der Waals surface area contributed by atoms with Gasteiger partial charge in [-0.2, -0.15) is 5.26 Å². The SMILES string of the molecule is N#CCCCCNC(=O)c1cc([N+](=O)[O-])cnc1Cl. The number of carbonyl (C=O) groups is 1. The minimum atomic E-state index is -0.646. The van der Waals surface area contributed by atoms with Crippen molar-refractivity contribution in [3.8, 4) is 6.07 Å². The molecular weight excluding hydrogens is 272 g/mol. The molecule has 1 aromatic heterocycles. The highest BCUT2D eigenvalue weighted by molar-refractivity contribution is 6.32. The Morgan fingerprint density at radius 3 is 2.95 bits per heavy atom. The largest absolute Gasteiger partial charge is 0.352 e. The Morgan fingerprint density at radius 2 is 2.32 bits per heavy atom. The lowest BCUT2D eigenvalue weighted by Crippen LogP contribution is -2.25. The van der Waals surface area contributed by atoms with Crippen LogP contribution in [0.2, 0.25) is 5.15 Å². The summed E-state index contributed by atoms with van der Waals surface area (Å²) >= 11 is 5.72. The molecule has 0 saturated carbocycles. The Kier molecular flexibility index (Phi) is 5.70. The fraction of sp³-hybridized carbons (Fsp3) is 0.364. The van der Waals surface area contributed by atoms with Gasteiger partial charge in [0.1, 0.15) is 11.3 Å². The molecule has 1 aromatic rings. The first-order chi connectivity index (χ1) is 9.06. The molecule has 100 valence electrons. The van der Waals surface area contributed by atoms with E-state index in [1.807, 2.05) is 6.07 Å². The van der Waals surface area contributed by atoms with Crippen molar-refractivity contribution < 1.29 is 9.72 Å². The molecule has 7 nitrogen and oxygen atoms in total. The summed E-state index contributed by atoms with van der Waals surface area (Å²) in [5.41, 5.74) is -0.324. The van der Waals surface area contributed by atoms with Gasteiger partial charge < -0.3 is 5.32 Å². The van der Waals surface area contributed by atoms with Gasteiger partial charge in [0.05, 0.1) is 16.6 Å². The molecule has 0 bridgehead atoms. The normalized spacial score (nSPS) is 9.68. The van der Waals surface area contributed by atoms with Crippen LogP contribution < -0.4 is 5.32 Å². The second kappa shape index (κ2) is 7.28. The van der Waals surface area contributed by atoms with Crippen LogP contribution in [0.25, 0.3) is 0 Å². The highest BCUT2D eigenvalue weighted by atomic mass is 35.5. The molecule has 1 amide bonds. The van der Waals surface area contributed by atoms with E-state index >= 15 is 0 Å². The summed E-state index contributed by atoms with van der Waals surface area (Å²) in [4.78, 5) is 25.3. The van der Waals surface area contributed by atoms with E-state index in [1.165, 1.54) is 0 Å². The van der Waals surface area contributed by atoms with Gasteiger partial charge in [0, 0.05) is 19.0 Å². The first-order valence-corrected chi connectivity index (χ1v) is 5.89. The Labute approximate surface area is 114 Å². The maximum atomic E-state index is 11.7. The van der Waals surface area contributed by atoms with Crippen LogP contribution in [0, 0.1) is 21.4 Å². The number of pyridine rings is 1. The summed E-state index contributed by atoms with van der Waals surface area (Å²) in [5.74, 6) is -0.516. The molecule has 1 N–H and O–H groups in total. The van der Waals surface area contributed by atoms with E-state index < -0.39 is 10.8 Å². The number of unbranched alkanes of at least 4 members (excludes halogenated alkanes) is 2. The van der Waals surface area contributed by atoms with Crippen molar-refractivity contribution in [1.82, 2.24) is 10.3 Å². The van der Waals surface area contributed by atoms with Crippen LogP contribution >= 0.6 is 11.6 Å². The predicted molar refractivity (Wildman–Crippen MR) is 67.7 cm³/mol. The van der Waals surface area contributed by atoms with Gasteiger partial charge >= 0.3 is 0 Å². The molecule has 0 atom stereocenters. The van der Waals surface area contributed by atoms with Crippen molar-refractivity contribution in [1.29, 1.82) is 5.26 Å². The Bertz CT molecular complexity index is 527. The summed E-state index contributed by atoms with van der Waals surface area (Å²) in [6.07, 6.45) is 2.75. The van der Waals surface area contributed by atoms with Gasteiger partial charge in [-0.25, -0.2) is 4.98 Å². The van der Waals surface area contributed by atoms with Gasteiger partial charge in [-0.15, -0.1) is 0 Å². The summed E-state index contributed by atoms with van der Waals surface area (Å²) < 4.78 is 0. The zero-order chi connectivity index (χ0) is 14.3. The number of nitro groups is 1. The summed E-state index contributed by atoms with van der Waals surface area (Å²) in [7, 11) is 0. The average Bonchev–Trinajstić information content (AvgIpc) is 2.38. The second-order valence-corrected chi connectivity index (χ2v) is 4.02. The number of amides is 1. The van der Waals surface area contributed by atoms with Gasteiger partial charge in [-0.3, -0.25) is 14.9 Å². The Morgan fingerprint density at radius 1 is 1.58 bits per heavy atom. The van der Waals surface area contributed by atoms with Gasteiger partial charge in [0.15, 0.2) is 0 Å². The quantitative estimate of drug-likeness (QED) is 0.372. The average molecular weight is 283 g/mol. The van der Waals surface area contributed by atoms with Crippen molar-refractivity contribution in [2.75, 3.05) is 6.54 Å². The van der Waals surface area contributed by atoms with Crippen molar-refractivity contribution in [3.63, 3.8) is 0 Å². The monoisotopic (exact) mass is 282 g/mol. The molecule has 1 rings (SSSR count). The molecule has 0 aliphatic heterocycles. The molecule has 0 spiro atoms. The van der Waals surface area contributed by atoms with E-state index in [4.69, 9.17) is 16.9 Å². The van der Waals surface area contributed by atoms with Crippen LogP contribution in [-0.2, 0) is 0 Å². The smallest absolute Gasteiger partial charge is 0.288 e. The first-order valence-electron chi connectivity index (χ1n) is 5.51. The van der Waals surface area contributed by atoms with E-state index in [0.717, 1.165) is 12.3 Å². The third-order valence-electron chi connectivity index (χ3n) is 2.28. The summed E-state index contributed by atoms with van der Waals surface area (Å²) in [6.45, 7) is 0.375. The third-order valence-corrected chi connectivity index (χ3v) is 2.58. The summed E-state index contributed by atoms with van der Waals surface area (Å²) in [6, 6.07) is 3.08. The zero-order valence-corrected chi connectivity index (χ0v) is 10.7. The zero-order valence-electron chi connectivity index (χ0n) is 9.93. The molecular formula is C11H11ClN4O3. The highest BCUT2D eigenvalue weighted by Gasteiger charge is 2.16. The van der Waals surface area contributed by atoms with Crippen molar-refractivity contribution in [2.24, 2.45) is 0 Å². The lowest BCUT2D eigenvalue weighted by Gasteiger charge is -2.05. The van der Waals surface area contributed by atoms with Crippen LogP contribution in [0.5, 0.6) is 0 Å². The lowest BCUT2D eigenvalue weighted by molar-refractivity contribution is -0.385.